The van der Waals surface area contributed by atoms with Crippen LogP contribution in [0.4, 0.5) is 13.2 Å². The molecule has 5 rings (SSSR count). The van der Waals surface area contributed by atoms with Gasteiger partial charge in [-0.2, -0.15) is 13.2 Å². The van der Waals surface area contributed by atoms with Crippen LogP contribution in [0.15, 0.2) is 23.8 Å². The first-order valence-electron chi connectivity index (χ1n) is 9.94. The molecule has 4 aliphatic rings. The first-order valence-corrected chi connectivity index (χ1v) is 9.94. The van der Waals surface area contributed by atoms with E-state index in [-0.39, 0.29) is 11.3 Å². The number of allylic oxidation sites excluding steroid dienone is 1. The predicted molar refractivity (Wildman–Crippen MR) is 101 cm³/mol. The number of aliphatic hydroxyl groups excluding tert-OH is 1. The van der Waals surface area contributed by atoms with E-state index >= 15 is 0 Å². The van der Waals surface area contributed by atoms with Crippen molar-refractivity contribution in [2.45, 2.75) is 44.7 Å². The van der Waals surface area contributed by atoms with Gasteiger partial charge in [0.2, 0.25) is 0 Å². The van der Waals surface area contributed by atoms with Crippen LogP contribution in [-0.2, 0) is 4.79 Å². The molecule has 0 heterocycles. The molecule has 0 aliphatic heterocycles. The number of halogens is 3. The molecule has 0 unspecified atom stereocenters. The van der Waals surface area contributed by atoms with Gasteiger partial charge in [-0.1, -0.05) is 0 Å². The molecule has 4 fully saturated rings. The number of ketones is 1. The molecule has 0 amide bonds. The van der Waals surface area contributed by atoms with Crippen LogP contribution in [-0.4, -0.2) is 31.3 Å². The van der Waals surface area contributed by atoms with Crippen molar-refractivity contribution in [1.29, 1.82) is 0 Å². The first kappa shape index (κ1) is 20.1. The smallest absolute Gasteiger partial charge is 0.454 e. The molecule has 1 aromatic carbocycles. The lowest BCUT2D eigenvalue weighted by Crippen LogP contribution is -2.49. The Kier molecular flexibility index (Phi) is 4.82. The maximum atomic E-state index is 13.6. The highest BCUT2D eigenvalue weighted by molar-refractivity contribution is 6.06. The average Bonchev–Trinajstić information content (AvgIpc) is 2.65. The van der Waals surface area contributed by atoms with Gasteiger partial charge in [-0.15, -0.1) is 0 Å². The van der Waals surface area contributed by atoms with E-state index in [1.807, 2.05) is 0 Å². The Balaban J connectivity index is 1.86. The minimum absolute atomic E-state index is 0.131. The summed E-state index contributed by atoms with van der Waals surface area (Å²) in [6.45, 7) is 0. The SMILES string of the molecule is COc1ccc(C(O)=C(C(=O)C(F)(F)F)C23CC4CC(CC(C4)C2)C3)cc1OC. The lowest BCUT2D eigenvalue weighted by molar-refractivity contribution is -0.169. The van der Waals surface area contributed by atoms with Crippen LogP contribution in [0.2, 0.25) is 0 Å². The number of carbonyl (C=O) groups excluding carboxylic acids is 1. The number of methoxy groups -OCH3 is 2. The van der Waals surface area contributed by atoms with Crippen molar-refractivity contribution in [2.75, 3.05) is 14.2 Å². The van der Waals surface area contributed by atoms with Crippen LogP contribution in [0.3, 0.4) is 0 Å². The highest BCUT2D eigenvalue weighted by Crippen LogP contribution is 2.64. The van der Waals surface area contributed by atoms with E-state index in [4.69, 9.17) is 9.47 Å². The maximum absolute atomic E-state index is 13.6. The van der Waals surface area contributed by atoms with Crippen LogP contribution in [0.5, 0.6) is 11.5 Å². The number of ether oxygens (including phenoxy) is 2. The van der Waals surface area contributed by atoms with Crippen LogP contribution >= 0.6 is 0 Å². The van der Waals surface area contributed by atoms with Crippen LogP contribution < -0.4 is 9.47 Å². The van der Waals surface area contributed by atoms with Gasteiger partial charge in [0.1, 0.15) is 5.76 Å². The zero-order valence-electron chi connectivity index (χ0n) is 16.5. The summed E-state index contributed by atoms with van der Waals surface area (Å²) in [5.74, 6) is -0.855. The van der Waals surface area contributed by atoms with Gasteiger partial charge in [0.05, 0.1) is 19.8 Å². The summed E-state index contributed by atoms with van der Waals surface area (Å²) in [7, 11) is 2.85. The Bertz CT molecular complexity index is 821. The fourth-order valence-corrected chi connectivity index (χ4v) is 6.29. The second-order valence-corrected chi connectivity index (χ2v) is 8.82. The number of hydrogen-bond acceptors (Lipinski definition) is 4. The molecule has 4 aliphatic carbocycles. The van der Waals surface area contributed by atoms with E-state index in [0.717, 1.165) is 19.3 Å². The van der Waals surface area contributed by atoms with Gasteiger partial charge in [0.25, 0.3) is 5.78 Å². The molecule has 0 saturated heterocycles. The second kappa shape index (κ2) is 6.96. The van der Waals surface area contributed by atoms with Crippen molar-refractivity contribution in [3.63, 3.8) is 0 Å². The maximum Gasteiger partial charge on any atom is 0.454 e. The topological polar surface area (TPSA) is 55.8 Å². The highest BCUT2D eigenvalue weighted by atomic mass is 19.4. The zero-order chi connectivity index (χ0) is 21.0. The molecule has 158 valence electrons. The van der Waals surface area contributed by atoms with Gasteiger partial charge in [0.15, 0.2) is 11.5 Å². The summed E-state index contributed by atoms with van der Waals surface area (Å²) in [5.41, 5.74) is -1.24. The number of rotatable bonds is 5. The van der Waals surface area contributed by atoms with Gasteiger partial charge in [-0.3, -0.25) is 4.79 Å². The fraction of sp³-hybridized carbons (Fsp3) is 0.591. The Morgan fingerprint density at radius 2 is 1.52 bits per heavy atom. The van der Waals surface area contributed by atoms with E-state index in [2.05, 4.69) is 0 Å². The van der Waals surface area contributed by atoms with E-state index < -0.39 is 28.7 Å². The largest absolute Gasteiger partial charge is 0.507 e. The van der Waals surface area contributed by atoms with Crippen molar-refractivity contribution >= 4 is 11.5 Å². The quantitative estimate of drug-likeness (QED) is 0.527. The molecule has 0 radical (unpaired) electrons. The number of Topliss-reactive ketones (excluding diaryl/α,β-unsaturated/α-hetero) is 1. The minimum Gasteiger partial charge on any atom is -0.507 e. The molecule has 4 bridgehead atoms. The molecule has 1 N–H and O–H groups in total. The van der Waals surface area contributed by atoms with E-state index in [1.54, 1.807) is 0 Å². The number of aliphatic hydroxyl groups is 1. The van der Waals surface area contributed by atoms with Crippen molar-refractivity contribution < 1.29 is 32.5 Å². The third-order valence-corrected chi connectivity index (χ3v) is 6.95. The van der Waals surface area contributed by atoms with Gasteiger partial charge in [-0.05, 0) is 74.5 Å². The minimum atomic E-state index is -5.04. The van der Waals surface area contributed by atoms with E-state index in [1.165, 1.54) is 32.4 Å². The van der Waals surface area contributed by atoms with Crippen molar-refractivity contribution in [2.24, 2.45) is 23.2 Å². The molecule has 29 heavy (non-hydrogen) atoms. The molecule has 4 saturated carbocycles. The van der Waals surface area contributed by atoms with Crippen LogP contribution in [0, 0.1) is 23.2 Å². The van der Waals surface area contributed by atoms with Gasteiger partial charge < -0.3 is 14.6 Å². The predicted octanol–water partition coefficient (Wildman–Crippen LogP) is 5.32. The highest BCUT2D eigenvalue weighted by Gasteiger charge is 2.58. The number of hydrogen-bond donors (Lipinski definition) is 1. The Morgan fingerprint density at radius 3 is 1.97 bits per heavy atom. The molecule has 0 spiro atoms. The van der Waals surface area contributed by atoms with Crippen LogP contribution in [0.25, 0.3) is 5.76 Å². The summed E-state index contributed by atoms with van der Waals surface area (Å²) in [4.78, 5) is 12.6. The normalized spacial score (nSPS) is 31.4. The molecule has 0 atom stereocenters. The number of alkyl halides is 3. The average molecular weight is 410 g/mol. The van der Waals surface area contributed by atoms with Gasteiger partial charge in [0, 0.05) is 11.0 Å². The van der Waals surface area contributed by atoms with Crippen molar-refractivity contribution in [3.8, 4) is 11.5 Å². The molecule has 7 heteroatoms. The molecule has 4 nitrogen and oxygen atoms in total. The standard InChI is InChI=1S/C22H25F3O4/c1-28-16-4-3-15(8-17(16)29-2)19(26)18(20(27)22(23,24)25)21-9-12-5-13(10-21)7-14(6-12)11-21/h3-4,8,12-14,26H,5-7,9-11H2,1-2H3. The third kappa shape index (κ3) is 3.38. The van der Waals surface area contributed by atoms with Gasteiger partial charge >= 0.3 is 6.18 Å². The lowest BCUT2D eigenvalue weighted by atomic mass is 9.47. The number of benzene rings is 1. The summed E-state index contributed by atoms with van der Waals surface area (Å²) in [6.07, 6.45) is -0.380. The second-order valence-electron chi connectivity index (χ2n) is 8.82. The molecule has 1 aromatic rings. The summed E-state index contributed by atoms with van der Waals surface area (Å²) in [6, 6.07) is 4.39. The lowest BCUT2D eigenvalue weighted by Gasteiger charge is -2.57. The first-order chi connectivity index (χ1) is 13.7. The summed E-state index contributed by atoms with van der Waals surface area (Å²) in [5, 5.41) is 11.0. The Morgan fingerprint density at radius 1 is 1.00 bits per heavy atom. The van der Waals surface area contributed by atoms with Gasteiger partial charge in [-0.25, -0.2) is 0 Å². The Hall–Kier alpha value is -2.18. The summed E-state index contributed by atoms with van der Waals surface area (Å²) >= 11 is 0. The van der Waals surface area contributed by atoms with E-state index in [9.17, 15) is 23.1 Å². The Labute approximate surface area is 167 Å². The number of carbonyl (C=O) groups is 1. The van der Waals surface area contributed by atoms with Crippen molar-refractivity contribution in [3.05, 3.63) is 29.3 Å². The molecule has 0 aromatic heterocycles. The molecular weight excluding hydrogens is 385 g/mol. The van der Waals surface area contributed by atoms with Crippen LogP contribution in [0.1, 0.15) is 44.1 Å². The fourth-order valence-electron chi connectivity index (χ4n) is 6.29. The molecular formula is C22H25F3O4. The third-order valence-electron chi connectivity index (χ3n) is 6.95. The zero-order valence-corrected chi connectivity index (χ0v) is 16.5. The van der Waals surface area contributed by atoms with E-state index in [0.29, 0.717) is 42.8 Å². The van der Waals surface area contributed by atoms with Crippen molar-refractivity contribution in [1.82, 2.24) is 0 Å². The summed E-state index contributed by atoms with van der Waals surface area (Å²) < 4.78 is 51.1. The monoisotopic (exact) mass is 410 g/mol.